The zero-order chi connectivity index (χ0) is 26.1. The molecule has 2 N–H and O–H groups in total. The van der Waals surface area contributed by atoms with Gasteiger partial charge in [-0.1, -0.05) is 35.9 Å². The van der Waals surface area contributed by atoms with Crippen LogP contribution < -0.4 is 5.32 Å². The Kier molecular flexibility index (Phi) is 7.03. The maximum absolute atomic E-state index is 13.9. The summed E-state index contributed by atoms with van der Waals surface area (Å²) in [5.74, 6) is -3.97. The Labute approximate surface area is 208 Å². The van der Waals surface area contributed by atoms with E-state index in [-0.39, 0.29) is 12.8 Å². The van der Waals surface area contributed by atoms with E-state index in [1.165, 1.54) is 0 Å². The highest BCUT2D eigenvalue weighted by molar-refractivity contribution is 6.34. The van der Waals surface area contributed by atoms with Gasteiger partial charge in [0.15, 0.2) is 5.69 Å². The lowest BCUT2D eigenvalue weighted by Gasteiger charge is -2.42. The van der Waals surface area contributed by atoms with Gasteiger partial charge in [0.25, 0.3) is 5.91 Å². The first-order valence-corrected chi connectivity index (χ1v) is 11.4. The smallest absolute Gasteiger partial charge is 0.387 e. The lowest BCUT2D eigenvalue weighted by Crippen LogP contribution is -2.50. The minimum absolute atomic E-state index is 0.337. The largest absolute Gasteiger partial charge is 0.434 e. The van der Waals surface area contributed by atoms with E-state index in [9.17, 15) is 31.9 Å². The normalized spacial score (nSPS) is 17.9. The third kappa shape index (κ3) is 5.49. The molecule has 2 heterocycles. The van der Waals surface area contributed by atoms with Crippen molar-refractivity contribution in [3.05, 3.63) is 82.8 Å². The first-order valence-electron chi connectivity index (χ1n) is 11.0. The SMILES string of the molecule is O=C(NC(c1cccc(-c2ccccn2)c1)C1(O)CCC(F)(F)CC1)c1ccnc(C(F)(F)F)c1Cl. The van der Waals surface area contributed by atoms with E-state index in [4.69, 9.17) is 11.6 Å². The number of alkyl halides is 5. The fourth-order valence-corrected chi connectivity index (χ4v) is 4.61. The number of benzene rings is 1. The predicted molar refractivity (Wildman–Crippen MR) is 122 cm³/mol. The molecular formula is C25H21ClF5N3O2. The number of carbonyl (C=O) groups excluding carboxylic acids is 1. The van der Waals surface area contributed by atoms with E-state index >= 15 is 0 Å². The zero-order valence-electron chi connectivity index (χ0n) is 18.7. The van der Waals surface area contributed by atoms with Gasteiger partial charge in [-0.2, -0.15) is 13.2 Å². The molecule has 1 atom stereocenters. The molecule has 4 rings (SSSR count). The molecule has 2 aromatic heterocycles. The highest BCUT2D eigenvalue weighted by Gasteiger charge is 2.48. The topological polar surface area (TPSA) is 75.1 Å². The second kappa shape index (κ2) is 9.74. The molecule has 11 heteroatoms. The van der Waals surface area contributed by atoms with Gasteiger partial charge in [0.05, 0.1) is 27.9 Å². The average Bonchev–Trinajstić information content (AvgIpc) is 2.84. The lowest BCUT2D eigenvalue weighted by atomic mass is 9.75. The van der Waals surface area contributed by atoms with Crippen molar-refractivity contribution in [2.75, 3.05) is 0 Å². The van der Waals surface area contributed by atoms with Gasteiger partial charge in [-0.25, -0.2) is 8.78 Å². The van der Waals surface area contributed by atoms with E-state index in [1.807, 2.05) is 0 Å². The van der Waals surface area contributed by atoms with Crippen molar-refractivity contribution in [3.63, 3.8) is 0 Å². The Morgan fingerprint density at radius 1 is 1.00 bits per heavy atom. The van der Waals surface area contributed by atoms with Crippen LogP contribution in [0, 0.1) is 0 Å². The van der Waals surface area contributed by atoms with Gasteiger partial charge in [-0.15, -0.1) is 0 Å². The van der Waals surface area contributed by atoms with Gasteiger partial charge in [0.2, 0.25) is 5.92 Å². The Hall–Kier alpha value is -3.11. The fraction of sp³-hybridized carbons (Fsp3) is 0.320. The maximum Gasteiger partial charge on any atom is 0.434 e. The van der Waals surface area contributed by atoms with Crippen LogP contribution in [0.2, 0.25) is 5.02 Å². The van der Waals surface area contributed by atoms with Gasteiger partial charge in [0, 0.05) is 30.8 Å². The zero-order valence-corrected chi connectivity index (χ0v) is 19.5. The molecule has 3 aromatic rings. The molecule has 1 aromatic carbocycles. The van der Waals surface area contributed by atoms with Crippen LogP contribution >= 0.6 is 11.6 Å². The molecule has 5 nitrogen and oxygen atoms in total. The van der Waals surface area contributed by atoms with Crippen molar-refractivity contribution < 1.29 is 31.9 Å². The Morgan fingerprint density at radius 3 is 2.36 bits per heavy atom. The Balaban J connectivity index is 1.73. The molecule has 1 unspecified atom stereocenters. The number of aromatic nitrogens is 2. The molecule has 1 saturated carbocycles. The Bertz CT molecular complexity index is 1240. The van der Waals surface area contributed by atoms with Gasteiger partial charge >= 0.3 is 6.18 Å². The number of nitrogens with zero attached hydrogens (tertiary/aromatic N) is 2. The monoisotopic (exact) mass is 525 g/mol. The van der Waals surface area contributed by atoms with Crippen LogP contribution in [0.25, 0.3) is 11.3 Å². The number of amides is 1. The first-order chi connectivity index (χ1) is 16.9. The van der Waals surface area contributed by atoms with Crippen molar-refractivity contribution in [1.82, 2.24) is 15.3 Å². The average molecular weight is 526 g/mol. The third-order valence-corrected chi connectivity index (χ3v) is 6.63. The molecular weight excluding hydrogens is 505 g/mol. The number of hydrogen-bond acceptors (Lipinski definition) is 4. The van der Waals surface area contributed by atoms with Crippen LogP contribution in [0.4, 0.5) is 22.0 Å². The third-order valence-electron chi connectivity index (χ3n) is 6.24. The molecule has 1 aliphatic rings. The fourth-order valence-electron chi connectivity index (χ4n) is 4.30. The summed E-state index contributed by atoms with van der Waals surface area (Å²) in [6.45, 7) is 0. The van der Waals surface area contributed by atoms with E-state index in [1.54, 1.807) is 48.7 Å². The van der Waals surface area contributed by atoms with E-state index in [0.29, 0.717) is 16.8 Å². The highest BCUT2D eigenvalue weighted by Crippen LogP contribution is 2.45. The quantitative estimate of drug-likeness (QED) is 0.387. The van der Waals surface area contributed by atoms with Crippen LogP contribution in [0.5, 0.6) is 0 Å². The summed E-state index contributed by atoms with van der Waals surface area (Å²) in [7, 11) is 0. The molecule has 0 spiro atoms. The van der Waals surface area contributed by atoms with Crippen molar-refractivity contribution in [3.8, 4) is 11.3 Å². The summed E-state index contributed by atoms with van der Waals surface area (Å²) in [4.78, 5) is 20.6. The van der Waals surface area contributed by atoms with Crippen LogP contribution in [0.15, 0.2) is 60.9 Å². The lowest BCUT2D eigenvalue weighted by molar-refractivity contribution is -0.141. The van der Waals surface area contributed by atoms with Crippen LogP contribution in [-0.2, 0) is 6.18 Å². The van der Waals surface area contributed by atoms with Gasteiger partial charge < -0.3 is 10.4 Å². The summed E-state index contributed by atoms with van der Waals surface area (Å²) in [6.07, 6.45) is -4.39. The summed E-state index contributed by atoms with van der Waals surface area (Å²) in [5.41, 5.74) is -2.11. The maximum atomic E-state index is 13.9. The standard InChI is InChI=1S/C25H21ClF5N3O2/c26-19-17(7-13-33-21(19)25(29,30)31)22(35)34-20(23(36)8-10-24(27,28)11-9-23)16-5-3-4-15(14-16)18-6-1-2-12-32-18/h1-7,12-14,20,36H,8-11H2,(H,34,35). The number of carbonyl (C=O) groups is 1. The van der Waals surface area contributed by atoms with Crippen molar-refractivity contribution in [2.24, 2.45) is 0 Å². The van der Waals surface area contributed by atoms with Gasteiger partial charge in [0.1, 0.15) is 0 Å². The molecule has 1 amide bonds. The van der Waals surface area contributed by atoms with E-state index < -0.39 is 58.8 Å². The number of pyridine rings is 2. The van der Waals surface area contributed by atoms with Crippen molar-refractivity contribution >= 4 is 17.5 Å². The number of halogens is 6. The van der Waals surface area contributed by atoms with E-state index in [2.05, 4.69) is 15.3 Å². The minimum atomic E-state index is -4.89. The molecule has 0 bridgehead atoms. The van der Waals surface area contributed by atoms with Gasteiger partial charge in [-0.05, 0) is 42.7 Å². The summed E-state index contributed by atoms with van der Waals surface area (Å²) in [6, 6.07) is 11.7. The molecule has 1 aliphatic carbocycles. The molecule has 36 heavy (non-hydrogen) atoms. The number of rotatable bonds is 5. The molecule has 0 saturated heterocycles. The minimum Gasteiger partial charge on any atom is -0.387 e. The van der Waals surface area contributed by atoms with Crippen LogP contribution in [-0.4, -0.2) is 32.5 Å². The Morgan fingerprint density at radius 2 is 1.72 bits per heavy atom. The summed E-state index contributed by atoms with van der Waals surface area (Å²) >= 11 is 5.87. The van der Waals surface area contributed by atoms with Crippen molar-refractivity contribution in [1.29, 1.82) is 0 Å². The summed E-state index contributed by atoms with van der Waals surface area (Å²) in [5, 5.41) is 13.1. The van der Waals surface area contributed by atoms with Crippen LogP contribution in [0.1, 0.15) is 53.3 Å². The predicted octanol–water partition coefficient (Wildman–Crippen LogP) is 6.23. The number of nitrogens with one attached hydrogen (secondary N) is 1. The number of aliphatic hydroxyl groups is 1. The van der Waals surface area contributed by atoms with E-state index in [0.717, 1.165) is 12.3 Å². The first kappa shape index (κ1) is 26.0. The van der Waals surface area contributed by atoms with Gasteiger partial charge in [-0.3, -0.25) is 14.8 Å². The number of hydrogen-bond donors (Lipinski definition) is 2. The van der Waals surface area contributed by atoms with Crippen LogP contribution in [0.3, 0.4) is 0 Å². The highest BCUT2D eigenvalue weighted by atomic mass is 35.5. The summed E-state index contributed by atoms with van der Waals surface area (Å²) < 4.78 is 67.6. The second-order valence-corrected chi connectivity index (χ2v) is 9.10. The molecule has 190 valence electrons. The second-order valence-electron chi connectivity index (χ2n) is 8.73. The molecule has 0 radical (unpaired) electrons. The van der Waals surface area contributed by atoms with Crippen molar-refractivity contribution in [2.45, 2.75) is 49.4 Å². The molecule has 1 fully saturated rings. The molecule has 0 aliphatic heterocycles.